The van der Waals surface area contributed by atoms with Crippen LogP contribution in [0.4, 0.5) is 0 Å². The molecule has 0 radical (unpaired) electrons. The molecule has 0 unspecified atom stereocenters. The average molecular weight is 240 g/mol. The van der Waals surface area contributed by atoms with Crippen molar-refractivity contribution in [3.8, 4) is 0 Å². The van der Waals surface area contributed by atoms with Crippen molar-refractivity contribution >= 4 is 11.8 Å². The van der Waals surface area contributed by atoms with E-state index >= 15 is 0 Å². The largest absolute Gasteiger partial charge is 0.466 e. The zero-order valence-electron chi connectivity index (χ0n) is 10.2. The van der Waals surface area contributed by atoms with Gasteiger partial charge in [0.1, 0.15) is 0 Å². The Balaban J connectivity index is 2.42. The molecule has 2 bridgehead atoms. The van der Waals surface area contributed by atoms with Gasteiger partial charge in [-0.05, 0) is 12.8 Å². The number of carbonyl (C=O) groups is 2. The second kappa shape index (κ2) is 4.23. The number of ketones is 1. The van der Waals surface area contributed by atoms with Crippen LogP contribution in [0.3, 0.4) is 0 Å². The highest BCUT2D eigenvalue weighted by molar-refractivity contribution is 6.03. The smallest absolute Gasteiger partial charge is 0.334 e. The summed E-state index contributed by atoms with van der Waals surface area (Å²) in [7, 11) is 4.22. The molecule has 5 nitrogen and oxygen atoms in total. The SMILES string of the molecule is COC(=O)C1=C[C@H]2CC[C@@H]1C(=O)C2(OC)OC. The first-order chi connectivity index (χ1) is 8.10. The Morgan fingerprint density at radius 3 is 2.41 bits per heavy atom. The molecule has 3 aliphatic rings. The van der Waals surface area contributed by atoms with Gasteiger partial charge < -0.3 is 14.2 Å². The van der Waals surface area contributed by atoms with Crippen molar-refractivity contribution in [2.45, 2.75) is 18.6 Å². The van der Waals surface area contributed by atoms with E-state index in [1.807, 2.05) is 0 Å². The van der Waals surface area contributed by atoms with Crippen LogP contribution in [0.2, 0.25) is 0 Å². The number of ether oxygens (including phenoxy) is 3. The second-order valence-electron chi connectivity index (χ2n) is 4.29. The van der Waals surface area contributed by atoms with E-state index in [0.29, 0.717) is 12.0 Å². The molecule has 1 saturated carbocycles. The quantitative estimate of drug-likeness (QED) is 0.536. The van der Waals surface area contributed by atoms with Crippen molar-refractivity contribution in [2.75, 3.05) is 21.3 Å². The first-order valence-electron chi connectivity index (χ1n) is 5.55. The summed E-state index contributed by atoms with van der Waals surface area (Å²) in [6, 6.07) is 0. The summed E-state index contributed by atoms with van der Waals surface area (Å²) >= 11 is 0. The fourth-order valence-corrected chi connectivity index (χ4v) is 2.83. The Kier molecular flexibility index (Phi) is 3.05. The van der Waals surface area contributed by atoms with Gasteiger partial charge in [0.15, 0.2) is 5.78 Å². The number of esters is 1. The van der Waals surface area contributed by atoms with Gasteiger partial charge in [-0.25, -0.2) is 4.79 Å². The van der Waals surface area contributed by atoms with Gasteiger partial charge in [-0.1, -0.05) is 6.08 Å². The van der Waals surface area contributed by atoms with Crippen LogP contribution in [0.5, 0.6) is 0 Å². The first-order valence-corrected chi connectivity index (χ1v) is 5.55. The fourth-order valence-electron chi connectivity index (χ4n) is 2.83. The summed E-state index contributed by atoms with van der Waals surface area (Å²) < 4.78 is 15.2. The number of hydrogen-bond acceptors (Lipinski definition) is 5. The summed E-state index contributed by atoms with van der Waals surface area (Å²) in [6.07, 6.45) is 3.19. The third-order valence-corrected chi connectivity index (χ3v) is 3.70. The highest BCUT2D eigenvalue weighted by Crippen LogP contribution is 2.46. The van der Waals surface area contributed by atoms with E-state index in [9.17, 15) is 9.59 Å². The van der Waals surface area contributed by atoms with E-state index in [0.717, 1.165) is 6.42 Å². The predicted octanol–water partition coefficient (Wildman–Crippen LogP) is 0.684. The molecule has 0 spiro atoms. The monoisotopic (exact) mass is 240 g/mol. The van der Waals surface area contributed by atoms with Gasteiger partial charge in [0.05, 0.1) is 13.0 Å². The molecule has 5 heteroatoms. The van der Waals surface area contributed by atoms with E-state index in [-0.39, 0.29) is 11.7 Å². The topological polar surface area (TPSA) is 61.8 Å². The summed E-state index contributed by atoms with van der Waals surface area (Å²) in [5.74, 6) is -2.52. The van der Waals surface area contributed by atoms with Gasteiger partial charge >= 0.3 is 5.97 Å². The lowest BCUT2D eigenvalue weighted by Crippen LogP contribution is -2.58. The Bertz CT molecular complexity index is 380. The van der Waals surface area contributed by atoms with Crippen LogP contribution in [-0.4, -0.2) is 38.9 Å². The minimum Gasteiger partial charge on any atom is -0.466 e. The van der Waals surface area contributed by atoms with Crippen LogP contribution >= 0.6 is 0 Å². The maximum atomic E-state index is 12.3. The molecule has 3 rings (SSSR count). The molecular formula is C12H16O5. The third-order valence-electron chi connectivity index (χ3n) is 3.70. The number of hydrogen-bond donors (Lipinski definition) is 0. The van der Waals surface area contributed by atoms with Crippen LogP contribution < -0.4 is 0 Å². The van der Waals surface area contributed by atoms with Crippen molar-refractivity contribution < 1.29 is 23.8 Å². The van der Waals surface area contributed by atoms with Crippen molar-refractivity contribution in [1.82, 2.24) is 0 Å². The Hall–Kier alpha value is -1.20. The lowest BCUT2D eigenvalue weighted by atomic mass is 9.66. The molecule has 17 heavy (non-hydrogen) atoms. The molecule has 1 fully saturated rings. The van der Waals surface area contributed by atoms with Crippen LogP contribution in [-0.2, 0) is 23.8 Å². The van der Waals surface area contributed by atoms with Crippen molar-refractivity contribution in [1.29, 1.82) is 0 Å². The van der Waals surface area contributed by atoms with Gasteiger partial charge in [0, 0.05) is 25.7 Å². The third kappa shape index (κ3) is 1.53. The molecule has 0 aromatic rings. The zero-order valence-corrected chi connectivity index (χ0v) is 10.2. The van der Waals surface area contributed by atoms with Crippen molar-refractivity contribution in [3.05, 3.63) is 11.6 Å². The van der Waals surface area contributed by atoms with E-state index in [1.54, 1.807) is 6.08 Å². The minimum absolute atomic E-state index is 0.179. The summed E-state index contributed by atoms with van der Waals surface area (Å²) in [5, 5.41) is 0. The van der Waals surface area contributed by atoms with Crippen molar-refractivity contribution in [2.24, 2.45) is 11.8 Å². The van der Waals surface area contributed by atoms with Crippen molar-refractivity contribution in [3.63, 3.8) is 0 Å². The molecule has 0 aromatic heterocycles. The Morgan fingerprint density at radius 1 is 1.29 bits per heavy atom. The van der Waals surface area contributed by atoms with E-state index in [4.69, 9.17) is 9.47 Å². The first kappa shape index (κ1) is 12.3. The number of rotatable bonds is 3. The molecule has 3 aliphatic carbocycles. The highest BCUT2D eigenvalue weighted by atomic mass is 16.7. The predicted molar refractivity (Wildman–Crippen MR) is 58.1 cm³/mol. The van der Waals surface area contributed by atoms with Crippen LogP contribution in [0.15, 0.2) is 11.6 Å². The average Bonchev–Trinajstić information content (AvgIpc) is 2.39. The molecular weight excluding hydrogens is 224 g/mol. The summed E-state index contributed by atoms with van der Waals surface area (Å²) in [6.45, 7) is 0. The summed E-state index contributed by atoms with van der Waals surface area (Å²) in [5.41, 5.74) is 0.443. The van der Waals surface area contributed by atoms with E-state index in [1.165, 1.54) is 21.3 Å². The zero-order chi connectivity index (χ0) is 12.6. The van der Waals surface area contributed by atoms with Crippen LogP contribution in [0, 0.1) is 11.8 Å². The molecule has 0 aromatic carbocycles. The number of carbonyl (C=O) groups excluding carboxylic acids is 2. The molecule has 2 atom stereocenters. The fraction of sp³-hybridized carbons (Fsp3) is 0.667. The van der Waals surface area contributed by atoms with Gasteiger partial charge in [-0.3, -0.25) is 4.79 Å². The second-order valence-corrected chi connectivity index (χ2v) is 4.29. The van der Waals surface area contributed by atoms with Gasteiger partial charge in [0.25, 0.3) is 0 Å². The maximum absolute atomic E-state index is 12.3. The Morgan fingerprint density at radius 2 is 1.94 bits per heavy atom. The van der Waals surface area contributed by atoms with Gasteiger partial charge in [-0.2, -0.15) is 0 Å². The van der Waals surface area contributed by atoms with Crippen LogP contribution in [0.1, 0.15) is 12.8 Å². The lowest BCUT2D eigenvalue weighted by Gasteiger charge is -2.45. The molecule has 0 aliphatic heterocycles. The standard InChI is InChI=1S/C12H16O5/c1-15-11(14)9-6-7-4-5-8(9)10(13)12(7,16-2)17-3/h6-8H,4-5H2,1-3H3/t7-,8+/m1/s1. The number of fused-ring (bicyclic) bond motifs is 2. The number of Topliss-reactive ketones (excluding diaryl/α,β-unsaturated/α-hetero) is 1. The minimum atomic E-state index is -1.22. The normalized spacial score (nSPS) is 30.1. The van der Waals surface area contributed by atoms with Gasteiger partial charge in [-0.15, -0.1) is 0 Å². The lowest BCUT2D eigenvalue weighted by molar-refractivity contribution is -0.236. The number of methoxy groups -OCH3 is 3. The van der Waals surface area contributed by atoms with E-state index < -0.39 is 17.7 Å². The van der Waals surface area contributed by atoms with Gasteiger partial charge in [0.2, 0.25) is 5.79 Å². The molecule has 0 amide bonds. The maximum Gasteiger partial charge on any atom is 0.334 e. The molecule has 0 saturated heterocycles. The molecule has 0 heterocycles. The molecule has 94 valence electrons. The highest BCUT2D eigenvalue weighted by Gasteiger charge is 2.57. The Labute approximate surface area is 99.7 Å². The summed E-state index contributed by atoms with van der Waals surface area (Å²) in [4.78, 5) is 23.9. The van der Waals surface area contributed by atoms with Crippen LogP contribution in [0.25, 0.3) is 0 Å². The molecule has 0 N–H and O–H groups in total. The van der Waals surface area contributed by atoms with E-state index in [2.05, 4.69) is 4.74 Å².